The van der Waals surface area contributed by atoms with E-state index in [1.54, 1.807) is 0 Å². The van der Waals surface area contributed by atoms with Gasteiger partial charge in [-0.15, -0.1) is 24.0 Å². The lowest BCUT2D eigenvalue weighted by atomic mass is 10.1. The molecule has 0 aromatic carbocycles. The molecule has 2 aliphatic heterocycles. The number of piperidine rings is 1. The average molecular weight is 481 g/mol. The van der Waals surface area contributed by atoms with Crippen LogP contribution in [-0.2, 0) is 14.2 Å². The Morgan fingerprint density at radius 3 is 2.62 bits per heavy atom. The topological polar surface area (TPSA) is 55.3 Å². The third kappa shape index (κ3) is 7.86. The number of nitrogens with one attached hydrogen (secondary N) is 1. The Kier molecular flexibility index (Phi) is 10.5. The summed E-state index contributed by atoms with van der Waals surface area (Å²) >= 11 is 0. The van der Waals surface area contributed by atoms with Gasteiger partial charge in [0.1, 0.15) is 0 Å². The fraction of sp³-hybridized carbons (Fsp3) is 0.947. The van der Waals surface area contributed by atoms with E-state index in [0.29, 0.717) is 12.2 Å². The molecule has 26 heavy (non-hydrogen) atoms. The van der Waals surface area contributed by atoms with Gasteiger partial charge < -0.3 is 24.4 Å². The Balaban J connectivity index is 0.00000243. The van der Waals surface area contributed by atoms with Gasteiger partial charge in [0.15, 0.2) is 5.96 Å². The van der Waals surface area contributed by atoms with Crippen LogP contribution in [-0.4, -0.2) is 75.7 Å². The van der Waals surface area contributed by atoms with Gasteiger partial charge in [-0.2, -0.15) is 0 Å². The van der Waals surface area contributed by atoms with Crippen LogP contribution in [0.3, 0.4) is 0 Å². The normalized spacial score (nSPS) is 24.6. The van der Waals surface area contributed by atoms with E-state index in [-0.39, 0.29) is 24.0 Å². The molecule has 0 radical (unpaired) electrons. The van der Waals surface area contributed by atoms with Gasteiger partial charge in [-0.25, -0.2) is 0 Å². The zero-order chi connectivity index (χ0) is 17.3. The van der Waals surface area contributed by atoms with E-state index in [4.69, 9.17) is 19.2 Å². The van der Waals surface area contributed by atoms with Gasteiger partial charge >= 0.3 is 0 Å². The summed E-state index contributed by atoms with van der Waals surface area (Å²) in [6, 6.07) is 0. The van der Waals surface area contributed by atoms with Gasteiger partial charge in [0, 0.05) is 32.8 Å². The molecule has 0 amide bonds. The number of hydrogen-bond donors (Lipinski definition) is 1. The maximum absolute atomic E-state index is 6.06. The van der Waals surface area contributed by atoms with E-state index < -0.39 is 0 Å². The fourth-order valence-electron chi connectivity index (χ4n) is 3.43. The van der Waals surface area contributed by atoms with E-state index in [1.165, 1.54) is 19.3 Å². The van der Waals surface area contributed by atoms with Crippen molar-refractivity contribution in [1.82, 2.24) is 10.2 Å². The second-order valence-electron chi connectivity index (χ2n) is 7.41. The Morgan fingerprint density at radius 1 is 1.15 bits per heavy atom. The molecule has 3 rings (SSSR count). The first-order chi connectivity index (χ1) is 12.3. The monoisotopic (exact) mass is 481 g/mol. The van der Waals surface area contributed by atoms with Crippen molar-refractivity contribution in [2.45, 2.75) is 57.7 Å². The molecule has 3 fully saturated rings. The highest BCUT2D eigenvalue weighted by Crippen LogP contribution is 2.28. The van der Waals surface area contributed by atoms with Crippen molar-refractivity contribution in [3.05, 3.63) is 0 Å². The Labute approximate surface area is 175 Å². The molecule has 0 spiro atoms. The van der Waals surface area contributed by atoms with Crippen LogP contribution in [0.25, 0.3) is 0 Å². The largest absolute Gasteiger partial charge is 0.379 e. The van der Waals surface area contributed by atoms with Crippen LogP contribution in [0.1, 0.15) is 45.4 Å². The fourth-order valence-corrected chi connectivity index (χ4v) is 3.43. The summed E-state index contributed by atoms with van der Waals surface area (Å²) in [5.41, 5.74) is 0. The Hall–Kier alpha value is -0.120. The first-order valence-corrected chi connectivity index (χ1v) is 10.2. The number of likely N-dealkylation sites (tertiary alicyclic amines) is 1. The zero-order valence-corrected chi connectivity index (χ0v) is 18.5. The highest BCUT2D eigenvalue weighted by atomic mass is 127. The maximum atomic E-state index is 6.06. The van der Waals surface area contributed by atoms with E-state index in [9.17, 15) is 0 Å². The number of halogens is 1. The van der Waals surface area contributed by atoms with Crippen molar-refractivity contribution in [3.63, 3.8) is 0 Å². The molecular weight excluding hydrogens is 445 g/mol. The van der Waals surface area contributed by atoms with Crippen molar-refractivity contribution < 1.29 is 14.2 Å². The lowest BCUT2D eigenvalue weighted by Gasteiger charge is -2.34. The molecule has 7 heteroatoms. The number of rotatable bonds is 9. The van der Waals surface area contributed by atoms with Crippen LogP contribution in [0.4, 0.5) is 0 Å². The summed E-state index contributed by atoms with van der Waals surface area (Å²) in [4.78, 5) is 7.09. The highest BCUT2D eigenvalue weighted by Gasteiger charge is 2.24. The van der Waals surface area contributed by atoms with Gasteiger partial charge in [-0.3, -0.25) is 4.99 Å². The van der Waals surface area contributed by atoms with Gasteiger partial charge in [-0.1, -0.05) is 0 Å². The standard InChI is InChI=1S/C19H35N3O3.HI/c1-2-20-19(21-9-13-23-14-16-5-6-16)22-10-7-17(8-11-22)25-15-18-4-3-12-24-18;/h16-18H,2-15H2,1H3,(H,20,21);1H. The van der Waals surface area contributed by atoms with Crippen molar-refractivity contribution in [2.75, 3.05) is 52.6 Å². The third-order valence-corrected chi connectivity index (χ3v) is 5.17. The van der Waals surface area contributed by atoms with Crippen LogP contribution in [0.15, 0.2) is 4.99 Å². The number of ether oxygens (including phenoxy) is 3. The summed E-state index contributed by atoms with van der Waals surface area (Å²) in [5.74, 6) is 1.85. The van der Waals surface area contributed by atoms with Gasteiger partial charge in [0.2, 0.25) is 0 Å². The molecule has 0 aromatic heterocycles. The van der Waals surface area contributed by atoms with Crippen molar-refractivity contribution in [3.8, 4) is 0 Å². The SMILES string of the molecule is CCNC(=NCCOCC1CC1)N1CCC(OCC2CCCO2)CC1.I. The minimum atomic E-state index is 0. The quantitative estimate of drug-likeness (QED) is 0.238. The van der Waals surface area contributed by atoms with Crippen LogP contribution in [0.2, 0.25) is 0 Å². The lowest BCUT2D eigenvalue weighted by molar-refractivity contribution is -0.0367. The molecule has 1 saturated carbocycles. The summed E-state index contributed by atoms with van der Waals surface area (Å²) in [7, 11) is 0. The molecule has 0 aromatic rings. The van der Waals surface area contributed by atoms with E-state index in [0.717, 1.165) is 83.7 Å². The molecule has 1 N–H and O–H groups in total. The molecule has 2 saturated heterocycles. The van der Waals surface area contributed by atoms with E-state index in [2.05, 4.69) is 17.1 Å². The molecule has 1 unspecified atom stereocenters. The molecule has 152 valence electrons. The molecular formula is C19H36IN3O3. The van der Waals surface area contributed by atoms with Crippen molar-refractivity contribution >= 4 is 29.9 Å². The molecule has 0 bridgehead atoms. The summed E-state index contributed by atoms with van der Waals surface area (Å²) in [5, 5.41) is 3.42. The van der Waals surface area contributed by atoms with Gasteiger partial charge in [0.05, 0.1) is 32.0 Å². The van der Waals surface area contributed by atoms with E-state index in [1.807, 2.05) is 0 Å². The average Bonchev–Trinajstić information content (AvgIpc) is 3.31. The number of aliphatic imine (C=N–C) groups is 1. The molecule has 2 heterocycles. The molecule has 1 aliphatic carbocycles. The number of guanidine groups is 1. The molecule has 3 aliphatic rings. The maximum Gasteiger partial charge on any atom is 0.193 e. The van der Waals surface area contributed by atoms with Crippen LogP contribution in [0.5, 0.6) is 0 Å². The summed E-state index contributed by atoms with van der Waals surface area (Å²) in [6.45, 7) is 9.08. The minimum absolute atomic E-state index is 0. The second kappa shape index (κ2) is 12.4. The smallest absolute Gasteiger partial charge is 0.193 e. The molecule has 6 nitrogen and oxygen atoms in total. The van der Waals surface area contributed by atoms with Crippen LogP contribution < -0.4 is 5.32 Å². The number of hydrogen-bond acceptors (Lipinski definition) is 4. The van der Waals surface area contributed by atoms with Crippen LogP contribution >= 0.6 is 24.0 Å². The first-order valence-electron chi connectivity index (χ1n) is 10.2. The number of nitrogens with zero attached hydrogens (tertiary/aromatic N) is 2. The predicted molar refractivity (Wildman–Crippen MR) is 114 cm³/mol. The lowest BCUT2D eigenvalue weighted by Crippen LogP contribution is -2.47. The Bertz CT molecular complexity index is 407. The Morgan fingerprint density at radius 2 is 1.96 bits per heavy atom. The van der Waals surface area contributed by atoms with E-state index >= 15 is 0 Å². The third-order valence-electron chi connectivity index (χ3n) is 5.17. The van der Waals surface area contributed by atoms with Crippen LogP contribution in [0, 0.1) is 5.92 Å². The molecule has 1 atom stereocenters. The van der Waals surface area contributed by atoms with Crippen molar-refractivity contribution in [2.24, 2.45) is 10.9 Å². The highest BCUT2D eigenvalue weighted by molar-refractivity contribution is 14.0. The summed E-state index contributed by atoms with van der Waals surface area (Å²) in [6.07, 6.45) is 7.84. The zero-order valence-electron chi connectivity index (χ0n) is 16.2. The minimum Gasteiger partial charge on any atom is -0.379 e. The van der Waals surface area contributed by atoms with Gasteiger partial charge in [0.25, 0.3) is 0 Å². The second-order valence-corrected chi connectivity index (χ2v) is 7.41. The predicted octanol–water partition coefficient (Wildman–Crippen LogP) is 2.66. The first kappa shape index (κ1) is 22.2. The van der Waals surface area contributed by atoms with Crippen molar-refractivity contribution in [1.29, 1.82) is 0 Å². The summed E-state index contributed by atoms with van der Waals surface area (Å²) < 4.78 is 17.4. The van der Waals surface area contributed by atoms with Gasteiger partial charge in [-0.05, 0) is 51.4 Å².